The lowest BCUT2D eigenvalue weighted by Gasteiger charge is -2.26. The maximum absolute atomic E-state index is 12.1. The summed E-state index contributed by atoms with van der Waals surface area (Å²) in [6.07, 6.45) is 3.47. The van der Waals surface area contributed by atoms with Gasteiger partial charge in [-0.3, -0.25) is 4.79 Å². The fraction of sp³-hybridized carbons (Fsp3) is 0.316. The SMILES string of the molecule is Cc1ccc(C)c(-c2ccc(C(=O)NC3CCC3)cc2)c1. The number of benzene rings is 2. The lowest BCUT2D eigenvalue weighted by Crippen LogP contribution is -2.39. The zero-order chi connectivity index (χ0) is 14.8. The molecule has 1 saturated carbocycles. The van der Waals surface area contributed by atoms with E-state index < -0.39 is 0 Å². The van der Waals surface area contributed by atoms with Gasteiger partial charge in [0.2, 0.25) is 0 Å². The molecule has 1 N–H and O–H groups in total. The van der Waals surface area contributed by atoms with Crippen molar-refractivity contribution in [2.45, 2.75) is 39.2 Å². The molecule has 2 nitrogen and oxygen atoms in total. The maximum atomic E-state index is 12.1. The molecule has 0 aromatic heterocycles. The molecule has 0 bridgehead atoms. The van der Waals surface area contributed by atoms with Crippen LogP contribution in [0.4, 0.5) is 0 Å². The van der Waals surface area contributed by atoms with Gasteiger partial charge in [-0.15, -0.1) is 0 Å². The molecular formula is C19H21NO. The Morgan fingerprint density at radius 2 is 1.76 bits per heavy atom. The molecule has 0 unspecified atom stereocenters. The molecule has 1 aliphatic carbocycles. The van der Waals surface area contributed by atoms with Gasteiger partial charge in [0.25, 0.3) is 5.91 Å². The lowest BCUT2D eigenvalue weighted by atomic mass is 9.92. The van der Waals surface area contributed by atoms with Crippen molar-refractivity contribution in [2.24, 2.45) is 0 Å². The van der Waals surface area contributed by atoms with E-state index in [-0.39, 0.29) is 5.91 Å². The van der Waals surface area contributed by atoms with E-state index in [1.807, 2.05) is 24.3 Å². The van der Waals surface area contributed by atoms with E-state index >= 15 is 0 Å². The van der Waals surface area contributed by atoms with Gasteiger partial charge in [-0.1, -0.05) is 35.9 Å². The van der Waals surface area contributed by atoms with Crippen LogP contribution in [0.2, 0.25) is 0 Å². The Morgan fingerprint density at radius 3 is 2.38 bits per heavy atom. The van der Waals surface area contributed by atoms with Crippen molar-refractivity contribution in [3.63, 3.8) is 0 Å². The molecule has 1 aliphatic rings. The zero-order valence-electron chi connectivity index (χ0n) is 12.6. The van der Waals surface area contributed by atoms with E-state index in [9.17, 15) is 4.79 Å². The summed E-state index contributed by atoms with van der Waals surface area (Å²) in [6.45, 7) is 4.22. The quantitative estimate of drug-likeness (QED) is 0.894. The highest BCUT2D eigenvalue weighted by Gasteiger charge is 2.19. The third-order valence-electron chi connectivity index (χ3n) is 4.29. The van der Waals surface area contributed by atoms with E-state index in [1.165, 1.54) is 23.1 Å². The van der Waals surface area contributed by atoms with Crippen LogP contribution in [-0.4, -0.2) is 11.9 Å². The number of nitrogens with one attached hydrogen (secondary N) is 1. The second kappa shape index (κ2) is 5.72. The maximum Gasteiger partial charge on any atom is 0.251 e. The second-order valence-corrected chi connectivity index (χ2v) is 6.00. The molecule has 0 radical (unpaired) electrons. The van der Waals surface area contributed by atoms with Gasteiger partial charge >= 0.3 is 0 Å². The summed E-state index contributed by atoms with van der Waals surface area (Å²) in [7, 11) is 0. The lowest BCUT2D eigenvalue weighted by molar-refractivity contribution is 0.0917. The standard InChI is InChI=1S/C19H21NO/c1-13-6-7-14(2)18(12-13)15-8-10-16(11-9-15)19(21)20-17-4-3-5-17/h6-12,17H,3-5H2,1-2H3,(H,20,21). The third-order valence-corrected chi connectivity index (χ3v) is 4.29. The van der Waals surface area contributed by atoms with Gasteiger partial charge in [0.15, 0.2) is 0 Å². The number of hydrogen-bond acceptors (Lipinski definition) is 1. The van der Waals surface area contributed by atoms with Gasteiger partial charge in [0, 0.05) is 11.6 Å². The number of carbonyl (C=O) groups excluding carboxylic acids is 1. The summed E-state index contributed by atoms with van der Waals surface area (Å²) in [5, 5.41) is 3.07. The van der Waals surface area contributed by atoms with Crippen LogP contribution in [0, 0.1) is 13.8 Å². The molecule has 0 aliphatic heterocycles. The predicted molar refractivity (Wildman–Crippen MR) is 86.5 cm³/mol. The van der Waals surface area contributed by atoms with E-state index in [2.05, 4.69) is 37.4 Å². The van der Waals surface area contributed by atoms with Crippen LogP contribution < -0.4 is 5.32 Å². The molecule has 0 saturated heterocycles. The first-order valence-electron chi connectivity index (χ1n) is 7.62. The van der Waals surface area contributed by atoms with Crippen LogP contribution in [0.5, 0.6) is 0 Å². The molecule has 108 valence electrons. The highest BCUT2D eigenvalue weighted by atomic mass is 16.1. The Kier molecular flexibility index (Phi) is 3.78. The number of hydrogen-bond donors (Lipinski definition) is 1. The van der Waals surface area contributed by atoms with Gasteiger partial charge < -0.3 is 5.32 Å². The molecule has 0 spiro atoms. The summed E-state index contributed by atoms with van der Waals surface area (Å²) in [6, 6.07) is 14.8. The normalized spacial score (nSPS) is 14.6. The van der Waals surface area contributed by atoms with Gasteiger partial charge in [-0.2, -0.15) is 0 Å². The van der Waals surface area contributed by atoms with Gasteiger partial charge in [-0.05, 0) is 61.9 Å². The van der Waals surface area contributed by atoms with E-state index in [1.54, 1.807) is 0 Å². The molecule has 1 fully saturated rings. The van der Waals surface area contributed by atoms with Crippen LogP contribution in [0.25, 0.3) is 11.1 Å². The van der Waals surface area contributed by atoms with Crippen molar-refractivity contribution in [1.82, 2.24) is 5.32 Å². The van der Waals surface area contributed by atoms with Crippen molar-refractivity contribution < 1.29 is 4.79 Å². The summed E-state index contributed by atoms with van der Waals surface area (Å²) in [4.78, 5) is 12.1. The minimum atomic E-state index is 0.0483. The fourth-order valence-electron chi connectivity index (χ4n) is 2.67. The summed E-state index contributed by atoms with van der Waals surface area (Å²) < 4.78 is 0. The van der Waals surface area contributed by atoms with Crippen LogP contribution >= 0.6 is 0 Å². The van der Waals surface area contributed by atoms with Crippen LogP contribution in [-0.2, 0) is 0 Å². The first-order chi connectivity index (χ1) is 10.1. The van der Waals surface area contributed by atoms with E-state index in [0.717, 1.165) is 24.0 Å². The third kappa shape index (κ3) is 2.99. The predicted octanol–water partition coefficient (Wildman–Crippen LogP) is 4.25. The summed E-state index contributed by atoms with van der Waals surface area (Å²) in [5.41, 5.74) is 5.66. The number of rotatable bonds is 3. The highest BCUT2D eigenvalue weighted by Crippen LogP contribution is 2.25. The first kappa shape index (κ1) is 13.9. The van der Waals surface area contributed by atoms with E-state index in [0.29, 0.717) is 6.04 Å². The second-order valence-electron chi connectivity index (χ2n) is 6.00. The molecule has 1 amide bonds. The Bertz CT molecular complexity index is 654. The van der Waals surface area contributed by atoms with Crippen molar-refractivity contribution in [3.8, 4) is 11.1 Å². The average Bonchev–Trinajstić information content (AvgIpc) is 2.45. The van der Waals surface area contributed by atoms with Crippen LogP contribution in [0.3, 0.4) is 0 Å². The Morgan fingerprint density at radius 1 is 1.05 bits per heavy atom. The van der Waals surface area contributed by atoms with Crippen molar-refractivity contribution in [2.75, 3.05) is 0 Å². The summed E-state index contributed by atoms with van der Waals surface area (Å²) in [5.74, 6) is 0.0483. The van der Waals surface area contributed by atoms with Gasteiger partial charge in [-0.25, -0.2) is 0 Å². The Hall–Kier alpha value is -2.09. The Balaban J connectivity index is 1.80. The van der Waals surface area contributed by atoms with Gasteiger partial charge in [0.05, 0.1) is 0 Å². The largest absolute Gasteiger partial charge is 0.349 e. The molecule has 0 atom stereocenters. The number of aryl methyl sites for hydroxylation is 2. The molecule has 21 heavy (non-hydrogen) atoms. The molecule has 2 aromatic carbocycles. The first-order valence-corrected chi connectivity index (χ1v) is 7.62. The minimum Gasteiger partial charge on any atom is -0.349 e. The zero-order valence-corrected chi connectivity index (χ0v) is 12.6. The molecule has 3 rings (SSSR count). The molecule has 0 heterocycles. The molecule has 2 heteroatoms. The van der Waals surface area contributed by atoms with Gasteiger partial charge in [0.1, 0.15) is 0 Å². The number of carbonyl (C=O) groups is 1. The topological polar surface area (TPSA) is 29.1 Å². The smallest absolute Gasteiger partial charge is 0.251 e. The van der Waals surface area contributed by atoms with Crippen LogP contribution in [0.1, 0.15) is 40.7 Å². The minimum absolute atomic E-state index is 0.0483. The summed E-state index contributed by atoms with van der Waals surface area (Å²) >= 11 is 0. The highest BCUT2D eigenvalue weighted by molar-refractivity contribution is 5.95. The van der Waals surface area contributed by atoms with E-state index in [4.69, 9.17) is 0 Å². The molecule has 2 aromatic rings. The fourth-order valence-corrected chi connectivity index (χ4v) is 2.67. The van der Waals surface area contributed by atoms with Crippen molar-refractivity contribution >= 4 is 5.91 Å². The monoisotopic (exact) mass is 279 g/mol. The van der Waals surface area contributed by atoms with Crippen LogP contribution in [0.15, 0.2) is 42.5 Å². The molecular weight excluding hydrogens is 258 g/mol. The van der Waals surface area contributed by atoms with Crippen molar-refractivity contribution in [3.05, 3.63) is 59.2 Å². The average molecular weight is 279 g/mol. The Labute approximate surface area is 126 Å². The van der Waals surface area contributed by atoms with Crippen molar-refractivity contribution in [1.29, 1.82) is 0 Å². The number of amides is 1.